The predicted octanol–water partition coefficient (Wildman–Crippen LogP) is 4.20. The number of nitrogens with one attached hydrogen (secondary N) is 1. The molecular weight excluding hydrogens is 355 g/mol. The first-order chi connectivity index (χ1) is 11.4. The van der Waals surface area contributed by atoms with Crippen molar-refractivity contribution >= 4 is 15.9 Å². The fourth-order valence-electron chi connectivity index (χ4n) is 1.94. The quantitative estimate of drug-likeness (QED) is 0.599. The molecule has 4 nitrogen and oxygen atoms in total. The molecule has 0 heterocycles. The minimum Gasteiger partial charge on any atom is -0.269 e. The molecule has 1 aromatic rings. The highest BCUT2D eigenvalue weighted by Crippen LogP contribution is 2.30. The molecule has 0 bridgehead atoms. The third-order valence-electron chi connectivity index (χ3n) is 3.18. The Balaban J connectivity index is 2.87. The van der Waals surface area contributed by atoms with Crippen LogP contribution in [0.15, 0.2) is 52.5 Å². The van der Waals surface area contributed by atoms with Gasteiger partial charge in [-0.05, 0) is 51.8 Å². The Morgan fingerprint density at radius 2 is 1.84 bits per heavy atom. The van der Waals surface area contributed by atoms with Crippen LogP contribution < -0.4 is 4.72 Å². The summed E-state index contributed by atoms with van der Waals surface area (Å²) in [4.78, 5) is 11.2. The van der Waals surface area contributed by atoms with Crippen LogP contribution in [0.4, 0.5) is 13.2 Å². The predicted molar refractivity (Wildman–Crippen MR) is 89.2 cm³/mol. The zero-order valence-electron chi connectivity index (χ0n) is 14.1. The fourth-order valence-corrected chi connectivity index (χ4v) is 2.93. The van der Waals surface area contributed by atoms with E-state index in [2.05, 4.69) is 0 Å². The first-order valence-corrected chi connectivity index (χ1v) is 8.95. The van der Waals surface area contributed by atoms with Gasteiger partial charge in [-0.15, -0.1) is 0 Å². The van der Waals surface area contributed by atoms with E-state index < -0.39 is 32.6 Å². The third-order valence-corrected chi connectivity index (χ3v) is 4.52. The van der Waals surface area contributed by atoms with Crippen molar-refractivity contribution in [3.63, 3.8) is 0 Å². The molecule has 1 N–H and O–H groups in total. The van der Waals surface area contributed by atoms with Gasteiger partial charge in [0.1, 0.15) is 0 Å². The lowest BCUT2D eigenvalue weighted by atomic mass is 10.1. The smallest absolute Gasteiger partial charge is 0.269 e. The van der Waals surface area contributed by atoms with Gasteiger partial charge in [-0.2, -0.15) is 13.2 Å². The van der Waals surface area contributed by atoms with Gasteiger partial charge in [0.2, 0.25) is 0 Å². The molecule has 1 amide bonds. The molecule has 0 aliphatic rings. The molecule has 0 spiro atoms. The van der Waals surface area contributed by atoms with Gasteiger partial charge in [-0.3, -0.25) is 4.79 Å². The molecule has 0 saturated heterocycles. The minimum absolute atomic E-state index is 0.487. The molecule has 1 aromatic carbocycles. The molecule has 0 aromatic heterocycles. The van der Waals surface area contributed by atoms with Crippen LogP contribution in [0, 0.1) is 0 Å². The lowest BCUT2D eigenvalue weighted by Gasteiger charge is -2.09. The van der Waals surface area contributed by atoms with Crippen molar-refractivity contribution in [3.8, 4) is 0 Å². The Labute approximate surface area is 145 Å². The average molecular weight is 375 g/mol. The van der Waals surface area contributed by atoms with E-state index in [9.17, 15) is 26.4 Å². The summed E-state index contributed by atoms with van der Waals surface area (Å²) < 4.78 is 63.9. The number of benzene rings is 1. The molecule has 0 saturated carbocycles. The zero-order valence-corrected chi connectivity index (χ0v) is 15.0. The Kier molecular flexibility index (Phi) is 6.98. The summed E-state index contributed by atoms with van der Waals surface area (Å²) in [6.07, 6.45) is -0.282. The highest BCUT2D eigenvalue weighted by atomic mass is 32.2. The molecule has 138 valence electrons. The lowest BCUT2D eigenvalue weighted by molar-refractivity contribution is -0.137. The zero-order chi connectivity index (χ0) is 19.3. The highest BCUT2D eigenvalue weighted by molar-refractivity contribution is 7.90. The van der Waals surface area contributed by atoms with E-state index in [1.54, 1.807) is 11.6 Å². The van der Waals surface area contributed by atoms with Gasteiger partial charge in [0.15, 0.2) is 0 Å². The number of halogens is 3. The van der Waals surface area contributed by atoms with Gasteiger partial charge in [0, 0.05) is 6.08 Å². The van der Waals surface area contributed by atoms with E-state index in [0.29, 0.717) is 24.5 Å². The molecular formula is C17H20F3NO3S. The van der Waals surface area contributed by atoms with Gasteiger partial charge >= 0.3 is 6.18 Å². The van der Waals surface area contributed by atoms with Crippen molar-refractivity contribution in [2.45, 2.75) is 44.7 Å². The van der Waals surface area contributed by atoms with Gasteiger partial charge in [0.05, 0.1) is 10.5 Å². The third kappa shape index (κ3) is 7.13. The average Bonchev–Trinajstić information content (AvgIpc) is 2.45. The van der Waals surface area contributed by atoms with Crippen LogP contribution in [-0.2, 0) is 21.0 Å². The molecule has 0 atom stereocenters. The summed E-state index contributed by atoms with van der Waals surface area (Å²) in [7, 11) is -4.38. The summed E-state index contributed by atoms with van der Waals surface area (Å²) in [6.45, 7) is 5.55. The molecule has 25 heavy (non-hydrogen) atoms. The van der Waals surface area contributed by atoms with Gasteiger partial charge in [-0.1, -0.05) is 23.3 Å². The maximum atomic E-state index is 12.7. The molecule has 0 radical (unpaired) electrons. The van der Waals surface area contributed by atoms with Crippen LogP contribution in [0.3, 0.4) is 0 Å². The van der Waals surface area contributed by atoms with Gasteiger partial charge in [-0.25, -0.2) is 13.1 Å². The van der Waals surface area contributed by atoms with Crippen LogP contribution in [0.5, 0.6) is 0 Å². The number of carbonyl (C=O) groups is 1. The largest absolute Gasteiger partial charge is 0.416 e. The maximum absolute atomic E-state index is 12.7. The maximum Gasteiger partial charge on any atom is 0.416 e. The summed E-state index contributed by atoms with van der Waals surface area (Å²) in [5.74, 6) is -0.896. The lowest BCUT2D eigenvalue weighted by Crippen LogP contribution is -2.29. The first kappa shape index (κ1) is 21.0. The Hall–Kier alpha value is -2.09. The number of hydrogen-bond donors (Lipinski definition) is 1. The summed E-state index contributed by atoms with van der Waals surface area (Å²) in [5.41, 5.74) is 0.690. The second kappa shape index (κ2) is 8.33. The van der Waals surface area contributed by atoms with Crippen LogP contribution >= 0.6 is 0 Å². The number of allylic oxidation sites excluding steroid dienone is 3. The monoisotopic (exact) mass is 375 g/mol. The first-order valence-electron chi connectivity index (χ1n) is 7.46. The normalized spacial score (nSPS) is 12.6. The van der Waals surface area contributed by atoms with E-state index in [-0.39, 0.29) is 0 Å². The van der Waals surface area contributed by atoms with Crippen LogP contribution in [0.1, 0.15) is 39.2 Å². The number of alkyl halides is 3. The van der Waals surface area contributed by atoms with E-state index in [1.165, 1.54) is 0 Å². The van der Waals surface area contributed by atoms with Crippen molar-refractivity contribution < 1.29 is 26.4 Å². The summed E-state index contributed by atoms with van der Waals surface area (Å²) in [5, 5.41) is 0. The van der Waals surface area contributed by atoms with Crippen molar-refractivity contribution in [2.75, 3.05) is 0 Å². The molecule has 8 heteroatoms. The second-order valence-corrected chi connectivity index (χ2v) is 7.49. The Morgan fingerprint density at radius 1 is 1.20 bits per heavy atom. The van der Waals surface area contributed by atoms with E-state index in [1.807, 2.05) is 19.9 Å². The minimum atomic E-state index is -4.67. The fraction of sp³-hybridized carbons (Fsp3) is 0.353. The molecule has 0 aliphatic heterocycles. The van der Waals surface area contributed by atoms with Crippen LogP contribution in [0.25, 0.3) is 0 Å². The summed E-state index contributed by atoms with van der Waals surface area (Å²) >= 11 is 0. The SMILES string of the molecule is CC(C)=CCC/C(C)=C/C(=O)NS(=O)(=O)c1cccc(C(F)(F)F)c1. The van der Waals surface area contributed by atoms with Crippen molar-refractivity contribution in [2.24, 2.45) is 0 Å². The van der Waals surface area contributed by atoms with Crippen LogP contribution in [-0.4, -0.2) is 14.3 Å². The molecule has 0 fully saturated rings. The van der Waals surface area contributed by atoms with Gasteiger partial charge in [0.25, 0.3) is 15.9 Å². The molecule has 0 unspecified atom stereocenters. The van der Waals surface area contributed by atoms with Crippen LogP contribution in [0.2, 0.25) is 0 Å². The number of rotatable bonds is 6. The van der Waals surface area contributed by atoms with E-state index in [4.69, 9.17) is 0 Å². The number of amides is 1. The summed E-state index contributed by atoms with van der Waals surface area (Å²) in [6, 6.07) is 3.22. The number of hydrogen-bond acceptors (Lipinski definition) is 3. The highest BCUT2D eigenvalue weighted by Gasteiger charge is 2.31. The standard InChI is InChI=1S/C17H20F3NO3S/c1-12(2)6-4-7-13(3)10-16(22)21-25(23,24)15-9-5-8-14(11-15)17(18,19)20/h5-6,8-11H,4,7H2,1-3H3,(H,21,22)/b13-10+. The molecule has 1 rings (SSSR count). The van der Waals surface area contributed by atoms with E-state index in [0.717, 1.165) is 29.8 Å². The van der Waals surface area contributed by atoms with Crippen molar-refractivity contribution in [1.82, 2.24) is 4.72 Å². The van der Waals surface area contributed by atoms with Crippen molar-refractivity contribution in [1.29, 1.82) is 0 Å². The van der Waals surface area contributed by atoms with Crippen molar-refractivity contribution in [3.05, 3.63) is 53.1 Å². The number of carbonyl (C=O) groups excluding carboxylic acids is 1. The molecule has 0 aliphatic carbocycles. The Bertz CT molecular complexity index is 790. The topological polar surface area (TPSA) is 63.2 Å². The van der Waals surface area contributed by atoms with E-state index >= 15 is 0 Å². The second-order valence-electron chi connectivity index (χ2n) is 5.81. The van der Waals surface area contributed by atoms with Gasteiger partial charge < -0.3 is 0 Å². The number of sulfonamides is 1. The Morgan fingerprint density at radius 3 is 2.40 bits per heavy atom.